The van der Waals surface area contributed by atoms with E-state index in [0.29, 0.717) is 17.8 Å². The topological polar surface area (TPSA) is 98.9 Å². The van der Waals surface area contributed by atoms with E-state index < -0.39 is 9.84 Å². The molecule has 29 heavy (non-hydrogen) atoms. The highest BCUT2D eigenvalue weighted by atomic mass is 32.2. The van der Waals surface area contributed by atoms with E-state index in [1.54, 1.807) is 22.9 Å². The summed E-state index contributed by atoms with van der Waals surface area (Å²) in [6.45, 7) is 5.73. The van der Waals surface area contributed by atoms with Crippen LogP contribution in [0.2, 0.25) is 0 Å². The summed E-state index contributed by atoms with van der Waals surface area (Å²) in [6.07, 6.45) is 0.504. The van der Waals surface area contributed by atoms with Crippen LogP contribution in [0.3, 0.4) is 0 Å². The molecule has 0 spiro atoms. The zero-order chi connectivity index (χ0) is 20.8. The highest BCUT2D eigenvalue weighted by molar-refractivity contribution is 7.91. The van der Waals surface area contributed by atoms with Gasteiger partial charge in [-0.2, -0.15) is 10.2 Å². The Morgan fingerprint density at radius 3 is 2.34 bits per heavy atom. The molecule has 9 heteroatoms. The molecule has 0 aliphatic carbocycles. The normalized spacial score (nSPS) is 18.1. The van der Waals surface area contributed by atoms with Crippen LogP contribution in [0.15, 0.2) is 36.4 Å². The first-order chi connectivity index (χ1) is 13.7. The third kappa shape index (κ3) is 3.95. The van der Waals surface area contributed by atoms with Crippen LogP contribution in [0.1, 0.15) is 39.9 Å². The van der Waals surface area contributed by atoms with Crippen molar-refractivity contribution >= 4 is 21.6 Å². The van der Waals surface area contributed by atoms with Crippen molar-refractivity contribution in [2.75, 3.05) is 16.8 Å². The van der Waals surface area contributed by atoms with E-state index in [4.69, 9.17) is 0 Å². The van der Waals surface area contributed by atoms with E-state index in [1.165, 1.54) is 0 Å². The molecular formula is C20H23N5O3S. The Morgan fingerprint density at radius 2 is 1.76 bits per heavy atom. The summed E-state index contributed by atoms with van der Waals surface area (Å²) in [6, 6.07) is 10.7. The maximum Gasteiger partial charge on any atom is 0.256 e. The van der Waals surface area contributed by atoms with Crippen molar-refractivity contribution in [3.05, 3.63) is 59.0 Å². The van der Waals surface area contributed by atoms with Crippen molar-refractivity contribution in [1.29, 1.82) is 0 Å². The number of anilines is 1. The van der Waals surface area contributed by atoms with Crippen LogP contribution in [-0.2, 0) is 9.84 Å². The van der Waals surface area contributed by atoms with Gasteiger partial charge in [0.2, 0.25) is 0 Å². The van der Waals surface area contributed by atoms with Gasteiger partial charge in [-0.15, -0.1) is 0 Å². The van der Waals surface area contributed by atoms with Crippen molar-refractivity contribution in [2.24, 2.45) is 0 Å². The fraction of sp³-hybridized carbons (Fsp3) is 0.350. The number of hydrogen-bond donors (Lipinski definition) is 1. The summed E-state index contributed by atoms with van der Waals surface area (Å²) in [4.78, 5) is 12.7. The molecule has 4 rings (SSSR count). The van der Waals surface area contributed by atoms with Crippen LogP contribution < -0.4 is 5.32 Å². The highest BCUT2D eigenvalue weighted by Crippen LogP contribution is 2.27. The smallest absolute Gasteiger partial charge is 0.256 e. The summed E-state index contributed by atoms with van der Waals surface area (Å²) in [5, 5.41) is 11.7. The van der Waals surface area contributed by atoms with E-state index in [2.05, 4.69) is 15.5 Å². The SMILES string of the molecule is Cc1cc(C)n(-c2ccc(C(=O)Nc3cc(C)nn3C3CCS(=O)(=O)C3)cc2)n1. The Morgan fingerprint density at radius 1 is 1.07 bits per heavy atom. The molecule has 1 saturated heterocycles. The second kappa shape index (κ2) is 7.14. The number of carbonyl (C=O) groups is 1. The van der Waals surface area contributed by atoms with Gasteiger partial charge in [0.1, 0.15) is 5.82 Å². The molecule has 0 saturated carbocycles. The average molecular weight is 414 g/mol. The first kappa shape index (κ1) is 19.4. The predicted molar refractivity (Wildman–Crippen MR) is 110 cm³/mol. The molecule has 0 radical (unpaired) electrons. The van der Waals surface area contributed by atoms with Crippen molar-refractivity contribution in [2.45, 2.75) is 33.2 Å². The van der Waals surface area contributed by atoms with Gasteiger partial charge >= 0.3 is 0 Å². The van der Waals surface area contributed by atoms with Gasteiger partial charge in [-0.3, -0.25) is 4.79 Å². The van der Waals surface area contributed by atoms with Crippen LogP contribution in [-0.4, -0.2) is 45.4 Å². The summed E-state index contributed by atoms with van der Waals surface area (Å²) in [5.41, 5.74) is 4.06. The molecule has 1 amide bonds. The number of hydrogen-bond acceptors (Lipinski definition) is 5. The number of carbonyl (C=O) groups excluding carboxylic acids is 1. The number of amides is 1. The summed E-state index contributed by atoms with van der Waals surface area (Å²) in [5.74, 6) is 0.440. The minimum atomic E-state index is -3.05. The number of nitrogens with one attached hydrogen (secondary N) is 1. The molecule has 1 fully saturated rings. The van der Waals surface area contributed by atoms with Crippen LogP contribution >= 0.6 is 0 Å². The van der Waals surface area contributed by atoms with Crippen molar-refractivity contribution in [1.82, 2.24) is 19.6 Å². The Bertz CT molecular complexity index is 1180. The molecule has 1 atom stereocenters. The van der Waals surface area contributed by atoms with Gasteiger partial charge in [-0.1, -0.05) is 0 Å². The second-order valence-corrected chi connectivity index (χ2v) is 9.74. The van der Waals surface area contributed by atoms with Gasteiger partial charge in [-0.25, -0.2) is 17.8 Å². The van der Waals surface area contributed by atoms with Crippen LogP contribution in [0.5, 0.6) is 0 Å². The summed E-state index contributed by atoms with van der Waals surface area (Å²) < 4.78 is 27.1. The van der Waals surface area contributed by atoms with Gasteiger partial charge in [0.15, 0.2) is 9.84 Å². The number of rotatable bonds is 4. The predicted octanol–water partition coefficient (Wildman–Crippen LogP) is 2.61. The number of aryl methyl sites for hydroxylation is 3. The lowest BCUT2D eigenvalue weighted by Crippen LogP contribution is -2.19. The maximum atomic E-state index is 12.7. The fourth-order valence-electron chi connectivity index (χ4n) is 3.69. The third-order valence-electron chi connectivity index (χ3n) is 5.04. The van der Waals surface area contributed by atoms with Crippen LogP contribution in [0, 0.1) is 20.8 Å². The Labute approximate surface area is 169 Å². The Kier molecular flexibility index (Phi) is 4.77. The summed E-state index contributed by atoms with van der Waals surface area (Å²) >= 11 is 0. The second-order valence-electron chi connectivity index (χ2n) is 7.51. The number of aromatic nitrogens is 4. The molecule has 3 heterocycles. The fourth-order valence-corrected chi connectivity index (χ4v) is 5.38. The van der Waals surface area contributed by atoms with Crippen LogP contribution in [0.25, 0.3) is 5.69 Å². The standard InChI is InChI=1S/C20H23N5O3S/c1-13-10-15(3)24(22-13)17-6-4-16(5-7-17)20(26)21-19-11-14(2)23-25(19)18-8-9-29(27,28)12-18/h4-7,10-11,18H,8-9,12H2,1-3H3,(H,21,26). The van der Waals surface area contributed by atoms with Crippen LogP contribution in [0.4, 0.5) is 5.82 Å². The molecule has 3 aromatic rings. The van der Waals surface area contributed by atoms with Gasteiger partial charge < -0.3 is 5.32 Å². The van der Waals surface area contributed by atoms with Crippen molar-refractivity contribution in [3.8, 4) is 5.69 Å². The average Bonchev–Trinajstić information content (AvgIpc) is 3.31. The molecule has 152 valence electrons. The highest BCUT2D eigenvalue weighted by Gasteiger charge is 2.31. The monoisotopic (exact) mass is 413 g/mol. The van der Waals surface area contributed by atoms with Gasteiger partial charge in [0.25, 0.3) is 5.91 Å². The first-order valence-corrected chi connectivity index (χ1v) is 11.3. The van der Waals surface area contributed by atoms with E-state index in [1.807, 2.05) is 43.7 Å². The maximum absolute atomic E-state index is 12.7. The molecular weight excluding hydrogens is 390 g/mol. The Balaban J connectivity index is 1.54. The zero-order valence-corrected chi connectivity index (χ0v) is 17.4. The first-order valence-electron chi connectivity index (χ1n) is 9.43. The van der Waals surface area contributed by atoms with E-state index in [0.717, 1.165) is 22.8 Å². The third-order valence-corrected chi connectivity index (χ3v) is 6.79. The van der Waals surface area contributed by atoms with Gasteiger partial charge in [-0.05, 0) is 57.5 Å². The number of nitrogens with zero attached hydrogens (tertiary/aromatic N) is 4. The van der Waals surface area contributed by atoms with Crippen molar-refractivity contribution in [3.63, 3.8) is 0 Å². The molecule has 0 bridgehead atoms. The van der Waals surface area contributed by atoms with E-state index in [9.17, 15) is 13.2 Å². The lowest BCUT2D eigenvalue weighted by molar-refractivity contribution is 0.102. The minimum absolute atomic E-state index is 0.0499. The zero-order valence-electron chi connectivity index (χ0n) is 16.6. The quantitative estimate of drug-likeness (QED) is 0.709. The minimum Gasteiger partial charge on any atom is -0.307 e. The molecule has 1 N–H and O–H groups in total. The van der Waals surface area contributed by atoms with E-state index in [-0.39, 0.29) is 23.5 Å². The molecule has 1 aromatic carbocycles. The van der Waals surface area contributed by atoms with Gasteiger partial charge in [0, 0.05) is 17.3 Å². The van der Waals surface area contributed by atoms with E-state index >= 15 is 0 Å². The molecule has 1 aliphatic rings. The lowest BCUT2D eigenvalue weighted by atomic mass is 10.2. The largest absolute Gasteiger partial charge is 0.307 e. The molecule has 2 aromatic heterocycles. The number of benzene rings is 1. The number of sulfone groups is 1. The lowest BCUT2D eigenvalue weighted by Gasteiger charge is -2.14. The molecule has 1 aliphatic heterocycles. The Hall–Kier alpha value is -2.94. The van der Waals surface area contributed by atoms with Crippen molar-refractivity contribution < 1.29 is 13.2 Å². The van der Waals surface area contributed by atoms with Gasteiger partial charge in [0.05, 0.1) is 34.6 Å². The molecule has 1 unspecified atom stereocenters. The molecule has 8 nitrogen and oxygen atoms in total. The summed E-state index contributed by atoms with van der Waals surface area (Å²) in [7, 11) is -3.05.